The van der Waals surface area contributed by atoms with E-state index >= 15 is 0 Å². The summed E-state index contributed by atoms with van der Waals surface area (Å²) in [6, 6.07) is 11.5. The van der Waals surface area contributed by atoms with Gasteiger partial charge in [-0.15, -0.1) is 11.3 Å². The van der Waals surface area contributed by atoms with Gasteiger partial charge < -0.3 is 4.84 Å². The van der Waals surface area contributed by atoms with Gasteiger partial charge in [-0.2, -0.15) is 0 Å². The number of benzene rings is 1. The highest BCUT2D eigenvalue weighted by molar-refractivity contribution is 7.20. The Hall–Kier alpha value is -3.06. The van der Waals surface area contributed by atoms with E-state index in [1.165, 1.54) is 12.1 Å². The van der Waals surface area contributed by atoms with Crippen molar-refractivity contribution in [1.29, 1.82) is 0 Å². The van der Waals surface area contributed by atoms with Crippen LogP contribution in [0.25, 0.3) is 10.2 Å². The minimum atomic E-state index is -0.762. The van der Waals surface area contributed by atoms with Crippen LogP contribution < -0.4 is 0 Å². The first-order chi connectivity index (χ1) is 11.1. The van der Waals surface area contributed by atoms with Crippen molar-refractivity contribution in [3.05, 3.63) is 64.7 Å². The van der Waals surface area contributed by atoms with Crippen molar-refractivity contribution in [1.82, 2.24) is 10.0 Å². The highest BCUT2D eigenvalue weighted by atomic mass is 32.1. The van der Waals surface area contributed by atoms with Crippen LogP contribution in [0.1, 0.15) is 30.4 Å². The largest absolute Gasteiger partial charge is 0.373 e. The molecule has 2 amide bonds. The number of fused-ring (bicyclic) bond motifs is 2. The Kier molecular flexibility index (Phi) is 2.95. The lowest BCUT2D eigenvalue weighted by atomic mass is 10.1. The average Bonchev–Trinajstić information content (AvgIpc) is 3.11. The number of pyridine rings is 1. The van der Waals surface area contributed by atoms with E-state index < -0.39 is 17.8 Å². The maximum atomic E-state index is 12.2. The molecule has 1 aliphatic rings. The molecule has 2 aromatic heterocycles. The smallest absolute Gasteiger partial charge is 0.323 e. The van der Waals surface area contributed by atoms with Crippen molar-refractivity contribution < 1.29 is 19.2 Å². The molecule has 112 valence electrons. The number of hydrogen-bond acceptors (Lipinski definition) is 6. The number of nitrogens with zero attached hydrogens (tertiary/aromatic N) is 2. The zero-order valence-corrected chi connectivity index (χ0v) is 12.4. The number of carbonyl (C=O) groups is 3. The van der Waals surface area contributed by atoms with Crippen LogP contribution in [-0.2, 0) is 4.84 Å². The first kappa shape index (κ1) is 13.6. The third-order valence-corrected chi connectivity index (χ3v) is 4.46. The molecule has 6 nitrogen and oxygen atoms in total. The molecule has 23 heavy (non-hydrogen) atoms. The predicted molar refractivity (Wildman–Crippen MR) is 82.0 cm³/mol. The fourth-order valence-corrected chi connectivity index (χ4v) is 3.22. The Morgan fingerprint density at radius 3 is 2.39 bits per heavy atom. The van der Waals surface area contributed by atoms with Gasteiger partial charge in [0, 0.05) is 11.6 Å². The molecule has 0 unspecified atom stereocenters. The number of rotatable bonds is 2. The normalized spacial score (nSPS) is 13.5. The third-order valence-electron chi connectivity index (χ3n) is 3.43. The molecular formula is C16H8N2O4S. The van der Waals surface area contributed by atoms with Crippen molar-refractivity contribution in [2.45, 2.75) is 0 Å². The second kappa shape index (κ2) is 4.99. The molecular weight excluding hydrogens is 316 g/mol. The van der Waals surface area contributed by atoms with E-state index in [2.05, 4.69) is 4.98 Å². The van der Waals surface area contributed by atoms with Gasteiger partial charge in [-0.1, -0.05) is 23.3 Å². The van der Waals surface area contributed by atoms with Crippen LogP contribution >= 0.6 is 11.3 Å². The molecule has 0 fully saturated rings. The van der Waals surface area contributed by atoms with Crippen molar-refractivity contribution in [2.75, 3.05) is 0 Å². The van der Waals surface area contributed by atoms with Gasteiger partial charge in [-0.05, 0) is 24.3 Å². The number of thiophene rings is 1. The summed E-state index contributed by atoms with van der Waals surface area (Å²) < 4.78 is 0. The molecule has 0 atom stereocenters. The Labute approximate surface area is 133 Å². The Morgan fingerprint density at radius 1 is 1.04 bits per heavy atom. The summed E-state index contributed by atoms with van der Waals surface area (Å²) >= 11 is 1.14. The maximum Gasteiger partial charge on any atom is 0.373 e. The van der Waals surface area contributed by atoms with E-state index in [4.69, 9.17) is 4.84 Å². The molecule has 4 rings (SSSR count). The van der Waals surface area contributed by atoms with Crippen LogP contribution in [-0.4, -0.2) is 27.8 Å². The van der Waals surface area contributed by atoms with Gasteiger partial charge in [0.05, 0.1) is 11.1 Å². The molecule has 3 aromatic rings. The van der Waals surface area contributed by atoms with E-state index in [0.717, 1.165) is 16.7 Å². The molecule has 0 bridgehead atoms. The van der Waals surface area contributed by atoms with Crippen molar-refractivity contribution in [2.24, 2.45) is 0 Å². The van der Waals surface area contributed by atoms with Crippen LogP contribution in [0.5, 0.6) is 0 Å². The molecule has 0 radical (unpaired) electrons. The fraction of sp³-hybridized carbons (Fsp3) is 0. The average molecular weight is 324 g/mol. The number of carbonyl (C=O) groups excluding carboxylic acids is 3. The molecule has 0 aliphatic carbocycles. The first-order valence-electron chi connectivity index (χ1n) is 6.70. The van der Waals surface area contributed by atoms with Gasteiger partial charge in [0.25, 0.3) is 11.8 Å². The molecule has 1 aromatic carbocycles. The summed E-state index contributed by atoms with van der Waals surface area (Å²) in [5, 5.41) is 1.30. The highest BCUT2D eigenvalue weighted by Crippen LogP contribution is 2.27. The molecule has 0 saturated heterocycles. The Morgan fingerprint density at radius 2 is 1.74 bits per heavy atom. The SMILES string of the molecule is O=C(ON1C(=O)c2ccccc2C1=O)c1cc2cccnc2s1. The van der Waals surface area contributed by atoms with E-state index in [0.29, 0.717) is 9.89 Å². The standard InChI is InChI=1S/C16H8N2O4S/c19-14-10-5-1-2-6-11(10)15(20)18(14)22-16(21)12-8-9-4-3-7-17-13(9)23-12/h1-8H. The van der Waals surface area contributed by atoms with E-state index in [1.54, 1.807) is 30.5 Å². The van der Waals surface area contributed by atoms with Crippen LogP contribution in [0.2, 0.25) is 0 Å². The molecule has 0 saturated carbocycles. The van der Waals surface area contributed by atoms with Gasteiger partial charge in [0.2, 0.25) is 0 Å². The van der Waals surface area contributed by atoms with Gasteiger partial charge in [-0.25, -0.2) is 9.78 Å². The predicted octanol–water partition coefficient (Wildman–Crippen LogP) is 2.66. The zero-order chi connectivity index (χ0) is 16.0. The third kappa shape index (κ3) is 2.09. The molecule has 0 N–H and O–H groups in total. The minimum absolute atomic E-state index is 0.225. The number of amides is 2. The maximum absolute atomic E-state index is 12.2. The van der Waals surface area contributed by atoms with E-state index in [-0.39, 0.29) is 16.0 Å². The first-order valence-corrected chi connectivity index (χ1v) is 7.51. The van der Waals surface area contributed by atoms with Gasteiger partial charge in [0.15, 0.2) is 0 Å². The summed E-state index contributed by atoms with van der Waals surface area (Å²) in [6.07, 6.45) is 1.62. The number of hydrogen-bond donors (Lipinski definition) is 0. The summed E-state index contributed by atoms with van der Waals surface area (Å²) in [5.74, 6) is -2.04. The molecule has 3 heterocycles. The monoisotopic (exact) mass is 324 g/mol. The number of imide groups is 1. The summed E-state index contributed by atoms with van der Waals surface area (Å²) in [7, 11) is 0. The van der Waals surface area contributed by atoms with Gasteiger partial charge in [0.1, 0.15) is 9.71 Å². The van der Waals surface area contributed by atoms with E-state index in [1.807, 2.05) is 6.07 Å². The highest BCUT2D eigenvalue weighted by Gasteiger charge is 2.39. The molecule has 0 spiro atoms. The number of hydroxylamine groups is 2. The van der Waals surface area contributed by atoms with Crippen molar-refractivity contribution in [3.8, 4) is 0 Å². The second-order valence-corrected chi connectivity index (χ2v) is 5.87. The lowest BCUT2D eigenvalue weighted by Crippen LogP contribution is -2.32. The minimum Gasteiger partial charge on any atom is -0.323 e. The van der Waals surface area contributed by atoms with Crippen molar-refractivity contribution in [3.63, 3.8) is 0 Å². The fourth-order valence-electron chi connectivity index (χ4n) is 2.35. The quantitative estimate of drug-likeness (QED) is 0.677. The molecule has 1 aliphatic heterocycles. The lowest BCUT2D eigenvalue weighted by Gasteiger charge is -2.11. The number of aromatic nitrogens is 1. The van der Waals surface area contributed by atoms with E-state index in [9.17, 15) is 14.4 Å². The van der Waals surface area contributed by atoms with Crippen LogP contribution in [0.3, 0.4) is 0 Å². The van der Waals surface area contributed by atoms with Gasteiger partial charge >= 0.3 is 5.97 Å². The van der Waals surface area contributed by atoms with Crippen LogP contribution in [0.4, 0.5) is 0 Å². The van der Waals surface area contributed by atoms with Crippen LogP contribution in [0.15, 0.2) is 48.7 Å². The molecule has 7 heteroatoms. The summed E-state index contributed by atoms with van der Waals surface area (Å²) in [4.78, 5) is 46.7. The topological polar surface area (TPSA) is 76.6 Å². The summed E-state index contributed by atoms with van der Waals surface area (Å²) in [6.45, 7) is 0. The van der Waals surface area contributed by atoms with Gasteiger partial charge in [-0.3, -0.25) is 9.59 Å². The Balaban J connectivity index is 1.62. The van der Waals surface area contributed by atoms with Crippen LogP contribution in [0, 0.1) is 0 Å². The zero-order valence-electron chi connectivity index (χ0n) is 11.6. The van der Waals surface area contributed by atoms with Crippen molar-refractivity contribution >= 4 is 39.3 Å². The summed E-state index contributed by atoms with van der Waals surface area (Å²) in [5.41, 5.74) is 0.451. The second-order valence-electron chi connectivity index (χ2n) is 4.84. The lowest BCUT2D eigenvalue weighted by molar-refractivity contribution is -0.0581. The Bertz CT molecular complexity index is 911.